The normalized spacial score (nSPS) is 20.3. The fourth-order valence-corrected chi connectivity index (χ4v) is 2.22. The lowest BCUT2D eigenvalue weighted by Crippen LogP contribution is -2.27. The van der Waals surface area contributed by atoms with Gasteiger partial charge in [0.1, 0.15) is 5.82 Å². The summed E-state index contributed by atoms with van der Waals surface area (Å²) in [5, 5.41) is 2.47. The number of anilines is 1. The van der Waals surface area contributed by atoms with Gasteiger partial charge in [0, 0.05) is 26.0 Å². The minimum atomic E-state index is -0.427. The van der Waals surface area contributed by atoms with Gasteiger partial charge >= 0.3 is 11.7 Å². The summed E-state index contributed by atoms with van der Waals surface area (Å²) in [5.74, 6) is -0.254. The van der Waals surface area contributed by atoms with Gasteiger partial charge in [-0.25, -0.2) is 4.79 Å². The molecule has 2 atom stereocenters. The van der Waals surface area contributed by atoms with E-state index in [0.717, 1.165) is 0 Å². The molecule has 1 N–H and O–H groups in total. The lowest BCUT2D eigenvalue weighted by molar-refractivity contribution is -0.141. The Morgan fingerprint density at radius 2 is 2.19 bits per heavy atom. The molecule has 1 aromatic rings. The van der Waals surface area contributed by atoms with E-state index in [1.165, 1.54) is 18.4 Å². The number of allylic oxidation sites excluding steroid dienone is 1. The maximum absolute atomic E-state index is 12.0. The second kappa shape index (κ2) is 6.34. The Hall–Kier alpha value is -2.44. The van der Waals surface area contributed by atoms with Crippen LogP contribution in [0.4, 0.5) is 5.82 Å². The average Bonchev–Trinajstić information content (AvgIpc) is 2.84. The van der Waals surface area contributed by atoms with Gasteiger partial charge in [-0.2, -0.15) is 4.98 Å². The maximum atomic E-state index is 12.0. The highest BCUT2D eigenvalue weighted by molar-refractivity contribution is 5.87. The Morgan fingerprint density at radius 1 is 1.43 bits per heavy atom. The van der Waals surface area contributed by atoms with Gasteiger partial charge in [-0.15, -0.1) is 0 Å². The van der Waals surface area contributed by atoms with E-state index >= 15 is 0 Å². The van der Waals surface area contributed by atoms with Crippen molar-refractivity contribution in [3.05, 3.63) is 34.9 Å². The summed E-state index contributed by atoms with van der Waals surface area (Å²) < 4.78 is 6.46. The first-order chi connectivity index (χ1) is 9.95. The first kappa shape index (κ1) is 15.0. The van der Waals surface area contributed by atoms with Crippen molar-refractivity contribution in [2.24, 2.45) is 5.92 Å². The fraction of sp³-hybridized carbons (Fsp3) is 0.429. The molecule has 0 radical (unpaired) electrons. The molecule has 0 spiro atoms. The van der Waals surface area contributed by atoms with E-state index in [9.17, 15) is 14.4 Å². The van der Waals surface area contributed by atoms with Gasteiger partial charge in [-0.05, 0) is 12.5 Å². The molecule has 1 heterocycles. The van der Waals surface area contributed by atoms with E-state index in [1.54, 1.807) is 12.3 Å². The molecule has 0 saturated carbocycles. The van der Waals surface area contributed by atoms with Crippen LogP contribution in [0.3, 0.4) is 0 Å². The molecule has 112 valence electrons. The first-order valence-corrected chi connectivity index (χ1v) is 6.64. The van der Waals surface area contributed by atoms with Gasteiger partial charge in [0.15, 0.2) is 0 Å². The van der Waals surface area contributed by atoms with Gasteiger partial charge in [0.2, 0.25) is 5.91 Å². The first-order valence-electron chi connectivity index (χ1n) is 6.64. The smallest absolute Gasteiger partial charge is 0.350 e. The SMILES string of the molecule is CC(=O)Nc1ccn([C@H]2C=C[C@@H](COC(C)=O)C2)c(=O)n1. The van der Waals surface area contributed by atoms with E-state index in [1.807, 2.05) is 12.2 Å². The number of hydrogen-bond donors (Lipinski definition) is 1. The monoisotopic (exact) mass is 291 g/mol. The summed E-state index contributed by atoms with van der Waals surface area (Å²) in [6.07, 6.45) is 6.11. The molecule has 1 aliphatic carbocycles. The Kier molecular flexibility index (Phi) is 4.52. The van der Waals surface area contributed by atoms with Gasteiger partial charge in [-0.3, -0.25) is 14.2 Å². The number of hydrogen-bond acceptors (Lipinski definition) is 5. The highest BCUT2D eigenvalue weighted by Gasteiger charge is 2.22. The summed E-state index contributed by atoms with van der Waals surface area (Å²) in [5.41, 5.74) is -0.427. The Bertz CT molecular complexity index is 635. The Labute approximate surface area is 121 Å². The van der Waals surface area contributed by atoms with Crippen molar-refractivity contribution < 1.29 is 14.3 Å². The van der Waals surface area contributed by atoms with Gasteiger partial charge < -0.3 is 10.1 Å². The molecule has 7 heteroatoms. The maximum Gasteiger partial charge on any atom is 0.350 e. The highest BCUT2D eigenvalue weighted by atomic mass is 16.5. The van der Waals surface area contributed by atoms with E-state index < -0.39 is 5.69 Å². The summed E-state index contributed by atoms with van der Waals surface area (Å²) in [6.45, 7) is 3.03. The molecule has 1 aromatic heterocycles. The number of nitrogens with one attached hydrogen (secondary N) is 1. The summed E-state index contributed by atoms with van der Waals surface area (Å²) >= 11 is 0. The number of nitrogens with zero attached hydrogens (tertiary/aromatic N) is 2. The molecule has 7 nitrogen and oxygen atoms in total. The lowest BCUT2D eigenvalue weighted by Gasteiger charge is -2.14. The van der Waals surface area contributed by atoms with Crippen LogP contribution in [0.15, 0.2) is 29.2 Å². The number of esters is 1. The molecule has 21 heavy (non-hydrogen) atoms. The van der Waals surface area contributed by atoms with Gasteiger partial charge in [0.05, 0.1) is 12.6 Å². The van der Waals surface area contributed by atoms with Gasteiger partial charge in [-0.1, -0.05) is 12.2 Å². The Balaban J connectivity index is 2.03. The fourth-order valence-electron chi connectivity index (χ4n) is 2.22. The molecule has 1 amide bonds. The molecule has 0 fully saturated rings. The standard InChI is InChI=1S/C14H17N3O4/c1-9(18)15-13-5-6-17(14(20)16-13)12-4-3-11(7-12)8-21-10(2)19/h3-6,11-12H,7-8H2,1-2H3,(H,15,16,18,20)/t11-,12+/m1/s1. The van der Waals surface area contributed by atoms with Crippen LogP contribution in [0.1, 0.15) is 26.3 Å². The molecule has 0 bridgehead atoms. The van der Waals surface area contributed by atoms with Crippen LogP contribution in [0, 0.1) is 5.92 Å². The average molecular weight is 291 g/mol. The molecule has 1 aliphatic rings. The van der Waals surface area contributed by atoms with Crippen LogP contribution in [0.2, 0.25) is 0 Å². The van der Waals surface area contributed by atoms with Crippen LogP contribution in [0.5, 0.6) is 0 Å². The molecule has 2 rings (SSSR count). The van der Waals surface area contributed by atoms with Crippen molar-refractivity contribution in [3.8, 4) is 0 Å². The number of ether oxygens (including phenoxy) is 1. The zero-order chi connectivity index (χ0) is 15.4. The number of rotatable bonds is 4. The van der Waals surface area contributed by atoms with E-state index in [0.29, 0.717) is 13.0 Å². The van der Waals surface area contributed by atoms with E-state index in [2.05, 4.69) is 10.3 Å². The third kappa shape index (κ3) is 4.01. The van der Waals surface area contributed by atoms with Crippen LogP contribution in [-0.2, 0) is 14.3 Å². The predicted octanol–water partition coefficient (Wildman–Crippen LogP) is 0.882. The van der Waals surface area contributed by atoms with Crippen molar-refractivity contribution in [3.63, 3.8) is 0 Å². The lowest BCUT2D eigenvalue weighted by atomic mass is 10.1. The van der Waals surface area contributed by atoms with Crippen LogP contribution in [0.25, 0.3) is 0 Å². The highest BCUT2D eigenvalue weighted by Crippen LogP contribution is 2.26. The predicted molar refractivity (Wildman–Crippen MR) is 75.7 cm³/mol. The zero-order valence-electron chi connectivity index (χ0n) is 11.9. The van der Waals surface area contributed by atoms with Crippen molar-refractivity contribution in [1.82, 2.24) is 9.55 Å². The topological polar surface area (TPSA) is 90.3 Å². The molecular formula is C14H17N3O4. The molecule has 0 aromatic carbocycles. The van der Waals surface area contributed by atoms with Crippen molar-refractivity contribution >= 4 is 17.7 Å². The number of amides is 1. The number of carbonyl (C=O) groups is 2. The zero-order valence-corrected chi connectivity index (χ0v) is 11.9. The Morgan fingerprint density at radius 3 is 2.81 bits per heavy atom. The number of carbonyl (C=O) groups excluding carboxylic acids is 2. The molecule has 0 aliphatic heterocycles. The summed E-state index contributed by atoms with van der Waals surface area (Å²) in [6, 6.07) is 1.47. The van der Waals surface area contributed by atoms with E-state index in [4.69, 9.17) is 4.74 Å². The largest absolute Gasteiger partial charge is 0.465 e. The molecule has 0 saturated heterocycles. The van der Waals surface area contributed by atoms with Crippen LogP contribution < -0.4 is 11.0 Å². The molecule has 0 unspecified atom stereocenters. The third-order valence-electron chi connectivity index (χ3n) is 3.14. The minimum Gasteiger partial charge on any atom is -0.465 e. The van der Waals surface area contributed by atoms with Crippen molar-refractivity contribution in [2.75, 3.05) is 11.9 Å². The van der Waals surface area contributed by atoms with Crippen LogP contribution >= 0.6 is 0 Å². The second-order valence-corrected chi connectivity index (χ2v) is 4.93. The number of aromatic nitrogens is 2. The second-order valence-electron chi connectivity index (χ2n) is 4.93. The van der Waals surface area contributed by atoms with E-state index in [-0.39, 0.29) is 29.7 Å². The minimum absolute atomic E-state index is 0.0980. The van der Waals surface area contributed by atoms with Crippen molar-refractivity contribution in [1.29, 1.82) is 0 Å². The summed E-state index contributed by atoms with van der Waals surface area (Å²) in [4.78, 5) is 37.5. The quantitative estimate of drug-likeness (QED) is 0.657. The third-order valence-corrected chi connectivity index (χ3v) is 3.14. The molecular weight excluding hydrogens is 274 g/mol. The summed E-state index contributed by atoms with van der Waals surface area (Å²) in [7, 11) is 0. The van der Waals surface area contributed by atoms with Gasteiger partial charge in [0.25, 0.3) is 0 Å². The van der Waals surface area contributed by atoms with Crippen molar-refractivity contribution in [2.45, 2.75) is 26.3 Å². The van der Waals surface area contributed by atoms with Crippen LogP contribution in [-0.4, -0.2) is 28.0 Å².